The molecule has 0 radical (unpaired) electrons. The topological polar surface area (TPSA) is 237 Å². The molecule has 0 amide bonds. The van der Waals surface area contributed by atoms with E-state index in [1.54, 1.807) is 0 Å². The minimum absolute atomic E-state index is 0.102. The second kappa shape index (κ2) is 59.4. The summed E-state index contributed by atoms with van der Waals surface area (Å²) in [5, 5.41) is 10.5. The van der Waals surface area contributed by atoms with E-state index in [2.05, 4.69) is 41.5 Å². The molecule has 0 rings (SSSR count). The van der Waals surface area contributed by atoms with E-state index in [0.29, 0.717) is 31.6 Å². The number of carbonyl (C=O) groups is 4. The number of hydrogen-bond acceptors (Lipinski definition) is 15. The summed E-state index contributed by atoms with van der Waals surface area (Å²) in [5.41, 5.74) is 0. The summed E-state index contributed by atoms with van der Waals surface area (Å²) in [4.78, 5) is 72.3. The zero-order chi connectivity index (χ0) is 63.6. The number of aliphatic hydroxyl groups is 1. The Kier molecular flexibility index (Phi) is 58.0. The molecule has 0 aromatic carbocycles. The number of hydrogen-bond donors (Lipinski definition) is 3. The van der Waals surface area contributed by atoms with Crippen LogP contribution in [0.2, 0.25) is 0 Å². The lowest BCUT2D eigenvalue weighted by Gasteiger charge is -2.21. The molecule has 0 bridgehead atoms. The van der Waals surface area contributed by atoms with Crippen LogP contribution < -0.4 is 0 Å². The Bertz CT molecular complexity index is 1690. The number of phosphoric acid groups is 2. The van der Waals surface area contributed by atoms with Crippen molar-refractivity contribution in [3.63, 3.8) is 0 Å². The van der Waals surface area contributed by atoms with Crippen LogP contribution in [0.3, 0.4) is 0 Å². The number of phosphoric ester groups is 2. The SMILES string of the molecule is CCCCCCCCCCCCCCCCCCCCC(=O)O[C@H](COC(=O)CCCCCCCCC(C)CC)COP(=O)(O)OC[C@@H](O)COP(=O)(O)OC[C@@H](COC(=O)CCCCCCCCCCC)OC(=O)CCCCCCCCC(C)C. The van der Waals surface area contributed by atoms with Gasteiger partial charge in [-0.25, -0.2) is 9.13 Å². The van der Waals surface area contributed by atoms with Gasteiger partial charge in [-0.15, -0.1) is 0 Å². The summed E-state index contributed by atoms with van der Waals surface area (Å²) in [6.07, 6.45) is 43.4. The van der Waals surface area contributed by atoms with Gasteiger partial charge in [0.15, 0.2) is 12.2 Å². The molecule has 3 N–H and O–H groups in total. The highest BCUT2D eigenvalue weighted by Crippen LogP contribution is 2.45. The predicted molar refractivity (Wildman–Crippen MR) is 345 cm³/mol. The molecule has 0 fully saturated rings. The number of rotatable bonds is 66. The number of carbonyl (C=O) groups excluding carboxylic acids is 4. The van der Waals surface area contributed by atoms with Gasteiger partial charge in [0, 0.05) is 25.7 Å². The number of ether oxygens (including phenoxy) is 4. The Balaban J connectivity index is 5.18. The van der Waals surface area contributed by atoms with Crippen molar-refractivity contribution in [2.45, 2.75) is 355 Å². The van der Waals surface area contributed by atoms with E-state index >= 15 is 0 Å². The van der Waals surface area contributed by atoms with Gasteiger partial charge in [0.1, 0.15) is 19.3 Å². The molecule has 0 aromatic heterocycles. The average molecular weight is 1270 g/mol. The molecule has 17 nitrogen and oxygen atoms in total. The van der Waals surface area contributed by atoms with Crippen LogP contribution in [0, 0.1) is 11.8 Å². The van der Waals surface area contributed by atoms with E-state index < -0.39 is 97.5 Å². The van der Waals surface area contributed by atoms with Crippen LogP contribution in [0.4, 0.5) is 0 Å². The van der Waals surface area contributed by atoms with Gasteiger partial charge in [-0.3, -0.25) is 37.3 Å². The van der Waals surface area contributed by atoms with E-state index in [4.69, 9.17) is 37.0 Å². The van der Waals surface area contributed by atoms with Crippen molar-refractivity contribution in [1.29, 1.82) is 0 Å². The molecule has 86 heavy (non-hydrogen) atoms. The third-order valence-corrected chi connectivity index (χ3v) is 17.7. The number of unbranched alkanes of at least 4 members (excludes halogenated alkanes) is 35. The van der Waals surface area contributed by atoms with Crippen LogP contribution >= 0.6 is 15.6 Å². The highest BCUT2D eigenvalue weighted by molar-refractivity contribution is 7.47. The van der Waals surface area contributed by atoms with Crippen molar-refractivity contribution in [2.24, 2.45) is 11.8 Å². The third-order valence-electron chi connectivity index (χ3n) is 15.8. The maximum Gasteiger partial charge on any atom is 0.472 e. The van der Waals surface area contributed by atoms with Crippen LogP contribution in [0.5, 0.6) is 0 Å². The van der Waals surface area contributed by atoms with Crippen molar-refractivity contribution < 1.29 is 80.2 Å². The second-order valence-electron chi connectivity index (χ2n) is 24.9. The van der Waals surface area contributed by atoms with Crippen LogP contribution in [-0.4, -0.2) is 96.7 Å². The van der Waals surface area contributed by atoms with Crippen LogP contribution in [0.1, 0.15) is 337 Å². The second-order valence-corrected chi connectivity index (χ2v) is 27.8. The fraction of sp³-hybridized carbons (Fsp3) is 0.940. The van der Waals surface area contributed by atoms with Gasteiger partial charge in [0.05, 0.1) is 26.4 Å². The first-order chi connectivity index (χ1) is 41.4. The van der Waals surface area contributed by atoms with E-state index in [9.17, 15) is 43.2 Å². The fourth-order valence-electron chi connectivity index (χ4n) is 10.0. The lowest BCUT2D eigenvalue weighted by Crippen LogP contribution is -2.30. The van der Waals surface area contributed by atoms with Gasteiger partial charge in [0.25, 0.3) is 0 Å². The minimum atomic E-state index is -4.95. The molecular weight excluding hydrogens is 1140 g/mol. The van der Waals surface area contributed by atoms with Crippen LogP contribution in [0.15, 0.2) is 0 Å². The zero-order valence-corrected chi connectivity index (χ0v) is 57.4. The molecule has 19 heteroatoms. The Hall–Kier alpha value is -1.94. The Morgan fingerprint density at radius 1 is 0.337 bits per heavy atom. The summed E-state index contributed by atoms with van der Waals surface area (Å²) in [7, 11) is -9.89. The van der Waals surface area contributed by atoms with E-state index in [1.165, 1.54) is 148 Å². The Morgan fingerprint density at radius 2 is 0.593 bits per heavy atom. The van der Waals surface area contributed by atoms with Crippen molar-refractivity contribution in [2.75, 3.05) is 39.6 Å². The first kappa shape index (κ1) is 84.1. The van der Waals surface area contributed by atoms with E-state index in [1.807, 2.05) is 0 Å². The highest BCUT2D eigenvalue weighted by atomic mass is 31.2. The monoisotopic (exact) mass is 1270 g/mol. The lowest BCUT2D eigenvalue weighted by atomic mass is 10.00. The quantitative estimate of drug-likeness (QED) is 0.0222. The summed E-state index contributed by atoms with van der Waals surface area (Å²) >= 11 is 0. The molecule has 0 aliphatic carbocycles. The molecule has 6 atom stereocenters. The molecule has 510 valence electrons. The standard InChI is InChI=1S/C67H130O17P2/c1-7-10-12-14-16-18-19-20-21-22-23-24-25-26-28-30-39-45-51-66(71)83-62(56-78-65(70)50-44-38-34-32-36-42-48-60(6)9-3)57-81-85(73,74)79-53-61(68)54-80-86(75,76)82-58-63(84-67(72)52-46-40-33-31-35-41-47-59(4)5)55-77-64(69)49-43-37-29-27-17-15-13-11-8-2/h59-63,68H,7-58H2,1-6H3,(H,73,74)(H,75,76)/t60?,61-,62-,63-/m1/s1. The molecule has 0 saturated heterocycles. The minimum Gasteiger partial charge on any atom is -0.462 e. The molecule has 0 saturated carbocycles. The van der Waals surface area contributed by atoms with Gasteiger partial charge < -0.3 is 33.8 Å². The van der Waals surface area contributed by atoms with Crippen molar-refractivity contribution in [3.05, 3.63) is 0 Å². The molecule has 0 aliphatic heterocycles. The van der Waals surface area contributed by atoms with Crippen molar-refractivity contribution >= 4 is 39.5 Å². The Labute approximate surface area is 524 Å². The largest absolute Gasteiger partial charge is 0.472 e. The molecule has 3 unspecified atom stereocenters. The summed E-state index contributed by atoms with van der Waals surface area (Å²) in [6.45, 7) is 9.37. The Morgan fingerprint density at radius 3 is 0.884 bits per heavy atom. The zero-order valence-electron chi connectivity index (χ0n) is 55.6. The predicted octanol–water partition coefficient (Wildman–Crippen LogP) is 18.8. The molecule has 0 aliphatic rings. The van der Waals surface area contributed by atoms with E-state index in [0.717, 1.165) is 102 Å². The molecular formula is C67H130O17P2. The van der Waals surface area contributed by atoms with Crippen molar-refractivity contribution in [3.8, 4) is 0 Å². The number of aliphatic hydroxyl groups excluding tert-OH is 1. The van der Waals surface area contributed by atoms with Gasteiger partial charge in [-0.1, -0.05) is 286 Å². The molecule has 0 aromatic rings. The molecule has 0 spiro atoms. The average Bonchev–Trinajstić information content (AvgIpc) is 3.69. The van der Waals surface area contributed by atoms with Gasteiger partial charge in [-0.2, -0.15) is 0 Å². The summed E-state index contributed by atoms with van der Waals surface area (Å²) in [5.74, 6) is -0.735. The van der Waals surface area contributed by atoms with Gasteiger partial charge in [0.2, 0.25) is 0 Å². The first-order valence-electron chi connectivity index (χ1n) is 35.0. The molecule has 0 heterocycles. The van der Waals surface area contributed by atoms with Gasteiger partial charge >= 0.3 is 39.5 Å². The summed E-state index contributed by atoms with van der Waals surface area (Å²) in [6, 6.07) is 0. The van der Waals surface area contributed by atoms with Crippen LogP contribution in [-0.2, 0) is 65.4 Å². The summed E-state index contributed by atoms with van der Waals surface area (Å²) < 4.78 is 68.0. The fourth-order valence-corrected chi connectivity index (χ4v) is 11.6. The lowest BCUT2D eigenvalue weighted by molar-refractivity contribution is -0.161. The van der Waals surface area contributed by atoms with E-state index in [-0.39, 0.29) is 25.7 Å². The number of esters is 4. The van der Waals surface area contributed by atoms with Crippen molar-refractivity contribution in [1.82, 2.24) is 0 Å². The maximum atomic E-state index is 13.0. The highest BCUT2D eigenvalue weighted by Gasteiger charge is 2.30. The van der Waals surface area contributed by atoms with Gasteiger partial charge in [-0.05, 0) is 37.5 Å². The maximum absolute atomic E-state index is 13.0. The smallest absolute Gasteiger partial charge is 0.462 e. The van der Waals surface area contributed by atoms with Crippen LogP contribution in [0.25, 0.3) is 0 Å². The third kappa shape index (κ3) is 59.7. The first-order valence-corrected chi connectivity index (χ1v) is 38.0. The normalized spacial score (nSPS) is 14.5.